The number of nitrogens with zero attached hydrogens (tertiary/aromatic N) is 2. The molecule has 15 heteroatoms. The molecule has 0 atom stereocenters. The highest BCUT2D eigenvalue weighted by atomic mass is 32.1. The van der Waals surface area contributed by atoms with Gasteiger partial charge in [-0.15, -0.1) is 22.7 Å². The number of unbranched alkanes of at least 4 members (excludes halogenated alkanes) is 20. The highest BCUT2D eigenvalue weighted by Crippen LogP contribution is 2.58. The fourth-order valence-corrected chi connectivity index (χ4v) is 17.1. The van der Waals surface area contributed by atoms with Gasteiger partial charge in [-0.2, -0.15) is 8.75 Å². The molecular formula is C98H108N2O10S3. The zero-order valence-electron chi connectivity index (χ0n) is 66.6. The summed E-state index contributed by atoms with van der Waals surface area (Å²) in [5.41, 5.74) is 9.60. The highest BCUT2D eigenvalue weighted by molar-refractivity contribution is 7.19. The van der Waals surface area contributed by atoms with Gasteiger partial charge in [0, 0.05) is 19.5 Å². The van der Waals surface area contributed by atoms with E-state index in [1.807, 2.05) is 36.4 Å². The van der Waals surface area contributed by atoms with Crippen LogP contribution in [-0.2, 0) is 35.2 Å². The van der Waals surface area contributed by atoms with Gasteiger partial charge in [-0.1, -0.05) is 217 Å². The van der Waals surface area contributed by atoms with Crippen LogP contribution in [0.5, 0.6) is 69.0 Å². The average molecular weight is 1570 g/mol. The van der Waals surface area contributed by atoms with E-state index < -0.39 is 11.9 Å². The van der Waals surface area contributed by atoms with Crippen molar-refractivity contribution in [3.63, 3.8) is 0 Å². The van der Waals surface area contributed by atoms with E-state index in [0.29, 0.717) is 102 Å². The van der Waals surface area contributed by atoms with Crippen molar-refractivity contribution < 1.29 is 47.5 Å². The summed E-state index contributed by atoms with van der Waals surface area (Å²) in [5, 5.41) is 0. The van der Waals surface area contributed by atoms with E-state index >= 15 is 0 Å². The number of thiophene rings is 2. The second-order valence-corrected chi connectivity index (χ2v) is 31.9. The molecule has 0 radical (unpaired) electrons. The van der Waals surface area contributed by atoms with Crippen LogP contribution in [0.15, 0.2) is 206 Å². The minimum absolute atomic E-state index is 0.308. The van der Waals surface area contributed by atoms with Gasteiger partial charge in [0.25, 0.3) is 0 Å². The van der Waals surface area contributed by atoms with Crippen LogP contribution >= 0.6 is 34.4 Å². The molecule has 0 bridgehead atoms. The first-order valence-electron chi connectivity index (χ1n) is 41.2. The lowest BCUT2D eigenvalue weighted by molar-refractivity contribution is 0.0592. The average Bonchev–Trinajstić information content (AvgIpc) is 1.63. The van der Waals surface area contributed by atoms with Crippen molar-refractivity contribution >= 4 is 57.4 Å². The lowest BCUT2D eigenvalue weighted by Gasteiger charge is -2.20. The second-order valence-electron chi connectivity index (χ2n) is 29.2. The Bertz CT molecular complexity index is 4460. The Hall–Kier alpha value is -10.1. The molecule has 12 rings (SSSR count). The van der Waals surface area contributed by atoms with E-state index in [1.54, 1.807) is 48.5 Å². The van der Waals surface area contributed by atoms with Crippen molar-refractivity contribution in [1.29, 1.82) is 0 Å². The number of ether oxygens (including phenoxy) is 8. The third-order valence-corrected chi connectivity index (χ3v) is 23.4. The summed E-state index contributed by atoms with van der Waals surface area (Å²) in [6.07, 6.45) is 33.8. The first kappa shape index (κ1) is 82.4. The Balaban J connectivity index is 0.979. The number of aryl methyl sites for hydroxylation is 4. The maximum Gasteiger partial charge on any atom is 0.337 e. The number of hydrogen-bond acceptors (Lipinski definition) is 15. The molecule has 0 N–H and O–H groups in total. The van der Waals surface area contributed by atoms with E-state index in [-0.39, 0.29) is 0 Å². The van der Waals surface area contributed by atoms with Gasteiger partial charge in [-0.05, 0) is 219 Å². The molecule has 0 saturated heterocycles. The van der Waals surface area contributed by atoms with E-state index in [0.717, 1.165) is 93.7 Å². The fraction of sp³-hybridized carbons (Fsp3) is 0.347. The van der Waals surface area contributed by atoms with E-state index in [2.05, 4.69) is 149 Å². The number of fused-ring (bicyclic) bond motifs is 1. The van der Waals surface area contributed by atoms with Crippen molar-refractivity contribution in [2.75, 3.05) is 14.2 Å². The molecule has 588 valence electrons. The van der Waals surface area contributed by atoms with Gasteiger partial charge in [-0.3, -0.25) is 0 Å². The molecular weight excluding hydrogens is 1460 g/mol. The van der Waals surface area contributed by atoms with E-state index in [4.69, 9.17) is 46.6 Å². The van der Waals surface area contributed by atoms with Crippen molar-refractivity contribution in [1.82, 2.24) is 8.75 Å². The van der Waals surface area contributed by atoms with Gasteiger partial charge in [0.1, 0.15) is 68.5 Å². The molecule has 0 saturated carbocycles. The minimum Gasteiger partial charge on any atom is -0.465 e. The van der Waals surface area contributed by atoms with Gasteiger partial charge < -0.3 is 37.9 Å². The maximum atomic E-state index is 13.0. The summed E-state index contributed by atoms with van der Waals surface area (Å²) in [6.45, 7) is 9.03. The summed E-state index contributed by atoms with van der Waals surface area (Å²) in [7, 11) is 2.72. The highest BCUT2D eigenvalue weighted by Gasteiger charge is 2.32. The molecule has 0 aliphatic heterocycles. The standard InChI is InChI=1S/C98H108N2O10S3/c1-7-11-15-19-23-27-33-69-41-53-75(54-42-69)105-81-37-31-38-82(106-76-55-43-70(44-56-76)34-28-24-20-16-12-8-2)89(81)85-65-67-87(111-85)91-93-94(100-113-99-93)92(96(110-80-63-51-74(52-64-80)98(102)104-6)95(91)109-79-61-49-73(50-62-79)97(101)103-5)88-68-66-86(112-88)90-83(107-77-57-45-71(46-58-77)35-29-25-21-17-13-9-3)39-32-40-84(90)108-78-59-47-72(48-60-78)36-30-26-22-18-14-10-4/h31-32,37-68H,7-30,33-36H2,1-6H3. The monoisotopic (exact) mass is 1570 g/mol. The summed E-state index contributed by atoms with van der Waals surface area (Å²) >= 11 is 4.14. The summed E-state index contributed by atoms with van der Waals surface area (Å²) in [4.78, 5) is 29.3. The fourth-order valence-electron chi connectivity index (χ4n) is 14.3. The van der Waals surface area contributed by atoms with Crippen LogP contribution in [0.25, 0.3) is 52.8 Å². The van der Waals surface area contributed by atoms with Gasteiger partial charge in [0.2, 0.25) is 0 Å². The van der Waals surface area contributed by atoms with Crippen LogP contribution in [0.4, 0.5) is 0 Å². The normalized spacial score (nSPS) is 11.3. The van der Waals surface area contributed by atoms with Crippen molar-refractivity contribution in [3.05, 3.63) is 240 Å². The lowest BCUT2D eigenvalue weighted by Crippen LogP contribution is -2.01. The summed E-state index contributed by atoms with van der Waals surface area (Å²) in [5.74, 6) is 5.68. The molecule has 0 fully saturated rings. The Labute approximate surface area is 681 Å². The molecule has 12 aromatic rings. The Morgan fingerprint density at radius 3 is 0.779 bits per heavy atom. The molecule has 113 heavy (non-hydrogen) atoms. The number of rotatable bonds is 46. The third kappa shape index (κ3) is 23.1. The zero-order valence-corrected chi connectivity index (χ0v) is 69.1. The smallest absolute Gasteiger partial charge is 0.337 e. The SMILES string of the molecule is CCCCCCCCc1ccc(Oc2cccc(Oc3ccc(CCCCCCCC)cc3)c2-c2ccc(-c3c(Oc4ccc(C(=O)OC)cc4)c(Oc4ccc(C(=O)OC)cc4)c(-c4ccc(-c5c(Oc6ccc(CCCCCCCC)cc6)cccc5Oc5ccc(CCCCCCCC)cc5)s4)c4nsnc34)s2)cc1. The van der Waals surface area contributed by atoms with Crippen LogP contribution in [-0.4, -0.2) is 34.9 Å². The number of esters is 2. The topological polar surface area (TPSA) is 134 Å². The quantitative estimate of drug-likeness (QED) is 0.0266. The van der Waals surface area contributed by atoms with Crippen LogP contribution in [0.2, 0.25) is 0 Å². The molecule has 3 heterocycles. The number of aromatic nitrogens is 2. The van der Waals surface area contributed by atoms with Crippen LogP contribution in [0.1, 0.15) is 225 Å². The predicted molar refractivity (Wildman–Crippen MR) is 465 cm³/mol. The molecule has 12 nitrogen and oxygen atoms in total. The largest absolute Gasteiger partial charge is 0.465 e. The molecule has 0 aliphatic carbocycles. The zero-order chi connectivity index (χ0) is 78.4. The number of carbonyl (C=O) groups is 2. The van der Waals surface area contributed by atoms with Gasteiger partial charge in [0.15, 0.2) is 11.5 Å². The maximum absolute atomic E-state index is 13.0. The Morgan fingerprint density at radius 1 is 0.274 bits per heavy atom. The molecule has 3 aromatic heterocycles. The predicted octanol–water partition coefficient (Wildman–Crippen LogP) is 30.4. The number of methoxy groups -OCH3 is 2. The molecule has 0 amide bonds. The van der Waals surface area contributed by atoms with E-state index in [9.17, 15) is 9.59 Å². The molecule has 0 unspecified atom stereocenters. The second kappa shape index (κ2) is 43.3. The lowest BCUT2D eigenvalue weighted by atomic mass is 10.0. The first-order valence-corrected chi connectivity index (χ1v) is 43.6. The molecule has 9 aromatic carbocycles. The van der Waals surface area contributed by atoms with Crippen LogP contribution < -0.4 is 28.4 Å². The van der Waals surface area contributed by atoms with Crippen molar-refractivity contribution in [2.45, 2.75) is 207 Å². The van der Waals surface area contributed by atoms with Crippen molar-refractivity contribution in [2.24, 2.45) is 0 Å². The van der Waals surface area contributed by atoms with Gasteiger partial charge in [0.05, 0.1) is 59.3 Å². The number of hydrogen-bond donors (Lipinski definition) is 0. The van der Waals surface area contributed by atoms with Crippen LogP contribution in [0.3, 0.4) is 0 Å². The molecule has 0 spiro atoms. The molecule has 0 aliphatic rings. The first-order chi connectivity index (χ1) is 55.6. The van der Waals surface area contributed by atoms with Crippen molar-refractivity contribution in [3.8, 4) is 111 Å². The van der Waals surface area contributed by atoms with Gasteiger partial charge in [-0.25, -0.2) is 9.59 Å². The summed E-state index contributed by atoms with van der Waals surface area (Å²) < 4.78 is 63.5. The third-order valence-electron chi connectivity index (χ3n) is 20.7. The number of benzene rings is 9. The summed E-state index contributed by atoms with van der Waals surface area (Å²) in [6, 6.07) is 67.8. The Morgan fingerprint density at radius 2 is 0.513 bits per heavy atom. The van der Waals surface area contributed by atoms with Crippen LogP contribution in [0, 0.1) is 0 Å². The van der Waals surface area contributed by atoms with E-state index in [1.165, 1.54) is 188 Å². The number of carbonyl (C=O) groups excluding carboxylic acids is 2. The van der Waals surface area contributed by atoms with Gasteiger partial charge >= 0.3 is 11.9 Å². The Kier molecular flexibility index (Phi) is 31.5. The minimum atomic E-state index is -0.490.